The molecule has 0 saturated carbocycles. The summed E-state index contributed by atoms with van der Waals surface area (Å²) in [5, 5.41) is 4.75. The largest absolute Gasteiger partial charge is 0.482 e. The Kier molecular flexibility index (Phi) is 6.24. The van der Waals surface area contributed by atoms with Gasteiger partial charge in [-0.1, -0.05) is 18.5 Å². The van der Waals surface area contributed by atoms with E-state index in [0.29, 0.717) is 0 Å². The van der Waals surface area contributed by atoms with Crippen molar-refractivity contribution in [2.45, 2.75) is 26.3 Å². The van der Waals surface area contributed by atoms with Gasteiger partial charge < -0.3 is 10.1 Å². The highest BCUT2D eigenvalue weighted by atomic mass is 35.5. The van der Waals surface area contributed by atoms with E-state index in [-0.39, 0.29) is 23.4 Å². The topological polar surface area (TPSA) is 67.4 Å². The number of amides is 3. The Morgan fingerprint density at radius 3 is 2.75 bits per heavy atom. The van der Waals surface area contributed by atoms with Crippen molar-refractivity contribution in [1.82, 2.24) is 10.6 Å². The third-order valence-corrected chi connectivity index (χ3v) is 2.79. The molecule has 0 aliphatic heterocycles. The predicted octanol–water partition coefficient (Wildman–Crippen LogP) is 2.48. The van der Waals surface area contributed by atoms with E-state index in [0.717, 1.165) is 18.6 Å². The first-order valence-corrected chi connectivity index (χ1v) is 6.48. The number of carbonyl (C=O) groups excluding carboxylic acids is 2. The molecule has 5 nitrogen and oxygen atoms in total. The summed E-state index contributed by atoms with van der Waals surface area (Å²) in [5.74, 6) is -0.948. The van der Waals surface area contributed by atoms with Crippen LogP contribution in [0, 0.1) is 5.82 Å². The first-order valence-electron chi connectivity index (χ1n) is 6.10. The van der Waals surface area contributed by atoms with Crippen LogP contribution in [-0.4, -0.2) is 24.6 Å². The lowest BCUT2D eigenvalue weighted by Gasteiger charge is -2.12. The zero-order chi connectivity index (χ0) is 15.1. The summed E-state index contributed by atoms with van der Waals surface area (Å²) in [6.07, 6.45) is 0.753. The highest BCUT2D eigenvalue weighted by Gasteiger charge is 2.11. The van der Waals surface area contributed by atoms with Gasteiger partial charge in [0.2, 0.25) is 0 Å². The first-order chi connectivity index (χ1) is 9.42. The summed E-state index contributed by atoms with van der Waals surface area (Å²) in [4.78, 5) is 22.8. The number of nitrogens with one attached hydrogen (secondary N) is 2. The molecule has 0 heterocycles. The number of hydrogen-bond donors (Lipinski definition) is 2. The molecule has 110 valence electrons. The second-order valence-electron chi connectivity index (χ2n) is 4.19. The molecule has 0 radical (unpaired) electrons. The maximum atomic E-state index is 12.8. The fraction of sp³-hybridized carbons (Fsp3) is 0.385. The van der Waals surface area contributed by atoms with Crippen LogP contribution < -0.4 is 15.4 Å². The Bertz CT molecular complexity index is 497. The number of halogens is 2. The second-order valence-corrected chi connectivity index (χ2v) is 4.60. The normalized spacial score (nSPS) is 11.6. The second kappa shape index (κ2) is 7.69. The lowest BCUT2D eigenvalue weighted by atomic mass is 10.3. The van der Waals surface area contributed by atoms with Crippen LogP contribution in [0.15, 0.2) is 18.2 Å². The number of hydrogen-bond acceptors (Lipinski definition) is 3. The van der Waals surface area contributed by atoms with Crippen LogP contribution in [0.25, 0.3) is 0 Å². The summed E-state index contributed by atoms with van der Waals surface area (Å²) in [7, 11) is 0. The molecule has 2 N–H and O–H groups in total. The van der Waals surface area contributed by atoms with Crippen molar-refractivity contribution in [3.8, 4) is 5.75 Å². The van der Waals surface area contributed by atoms with Gasteiger partial charge in [0.15, 0.2) is 6.61 Å². The monoisotopic (exact) mass is 302 g/mol. The van der Waals surface area contributed by atoms with Crippen molar-refractivity contribution < 1.29 is 18.7 Å². The molecule has 1 rings (SSSR count). The summed E-state index contributed by atoms with van der Waals surface area (Å²) in [5.41, 5.74) is 0. The quantitative estimate of drug-likeness (QED) is 0.878. The van der Waals surface area contributed by atoms with Crippen LogP contribution in [0.3, 0.4) is 0 Å². The Labute approximate surface area is 121 Å². The summed E-state index contributed by atoms with van der Waals surface area (Å²) >= 11 is 5.73. The zero-order valence-electron chi connectivity index (χ0n) is 11.2. The summed E-state index contributed by atoms with van der Waals surface area (Å²) in [6, 6.07) is 2.93. The fourth-order valence-corrected chi connectivity index (χ4v) is 1.48. The molecule has 20 heavy (non-hydrogen) atoms. The number of imide groups is 1. The van der Waals surface area contributed by atoms with Gasteiger partial charge in [0.1, 0.15) is 11.6 Å². The molecule has 0 aromatic heterocycles. The fourth-order valence-electron chi connectivity index (χ4n) is 1.26. The van der Waals surface area contributed by atoms with Crippen LogP contribution >= 0.6 is 11.6 Å². The first kappa shape index (κ1) is 16.2. The van der Waals surface area contributed by atoms with E-state index in [1.54, 1.807) is 0 Å². The van der Waals surface area contributed by atoms with E-state index < -0.39 is 17.8 Å². The van der Waals surface area contributed by atoms with Crippen LogP contribution in [0.2, 0.25) is 5.02 Å². The molecule has 1 atom stereocenters. The minimum absolute atomic E-state index is 0.0322. The van der Waals surface area contributed by atoms with Crippen molar-refractivity contribution in [3.05, 3.63) is 29.0 Å². The van der Waals surface area contributed by atoms with Crippen LogP contribution in [0.5, 0.6) is 5.75 Å². The lowest BCUT2D eigenvalue weighted by Crippen LogP contribution is -2.44. The number of rotatable bonds is 5. The van der Waals surface area contributed by atoms with Crippen LogP contribution in [0.4, 0.5) is 9.18 Å². The third-order valence-electron chi connectivity index (χ3n) is 2.50. The highest BCUT2D eigenvalue weighted by Crippen LogP contribution is 2.24. The van der Waals surface area contributed by atoms with E-state index in [9.17, 15) is 14.0 Å². The van der Waals surface area contributed by atoms with Crippen molar-refractivity contribution in [1.29, 1.82) is 0 Å². The van der Waals surface area contributed by atoms with Crippen molar-refractivity contribution in [2.75, 3.05) is 6.61 Å². The number of urea groups is 1. The van der Waals surface area contributed by atoms with Gasteiger partial charge in [0.05, 0.1) is 5.02 Å². The molecular weight excluding hydrogens is 287 g/mol. The van der Waals surface area contributed by atoms with Gasteiger partial charge in [0.25, 0.3) is 5.91 Å². The Morgan fingerprint density at radius 2 is 2.15 bits per heavy atom. The standard InChI is InChI=1S/C13H16ClFN2O3/c1-3-8(2)16-13(19)17-12(18)7-20-11-5-4-9(15)6-10(11)14/h4-6,8H,3,7H2,1-2H3,(H2,16,17,18,19)/t8-/m1/s1. The molecule has 1 aromatic carbocycles. The Balaban J connectivity index is 2.41. The molecule has 7 heteroatoms. The average molecular weight is 303 g/mol. The van der Waals surface area contributed by atoms with Crippen LogP contribution in [-0.2, 0) is 4.79 Å². The number of benzene rings is 1. The van der Waals surface area contributed by atoms with E-state index in [4.69, 9.17) is 16.3 Å². The molecule has 0 unspecified atom stereocenters. The van der Waals surface area contributed by atoms with Gasteiger partial charge >= 0.3 is 6.03 Å². The molecule has 3 amide bonds. The molecule has 0 aliphatic carbocycles. The zero-order valence-corrected chi connectivity index (χ0v) is 12.0. The molecule has 0 fully saturated rings. The SMILES string of the molecule is CC[C@@H](C)NC(=O)NC(=O)COc1ccc(F)cc1Cl. The third kappa shape index (κ3) is 5.44. The molecule has 0 aliphatic rings. The van der Waals surface area contributed by atoms with Gasteiger partial charge in [-0.3, -0.25) is 10.1 Å². The van der Waals surface area contributed by atoms with E-state index >= 15 is 0 Å². The smallest absolute Gasteiger partial charge is 0.321 e. The molecule has 0 bridgehead atoms. The van der Waals surface area contributed by atoms with Gasteiger partial charge in [-0.25, -0.2) is 9.18 Å². The minimum atomic E-state index is -0.619. The Hall–Kier alpha value is -1.82. The van der Waals surface area contributed by atoms with Gasteiger partial charge in [-0.15, -0.1) is 0 Å². The van der Waals surface area contributed by atoms with E-state index in [1.807, 2.05) is 13.8 Å². The number of carbonyl (C=O) groups is 2. The maximum Gasteiger partial charge on any atom is 0.321 e. The summed E-state index contributed by atoms with van der Waals surface area (Å²) < 4.78 is 17.9. The van der Waals surface area contributed by atoms with E-state index in [1.165, 1.54) is 6.07 Å². The van der Waals surface area contributed by atoms with Crippen molar-refractivity contribution >= 4 is 23.5 Å². The molecular formula is C13H16ClFN2O3. The van der Waals surface area contributed by atoms with E-state index in [2.05, 4.69) is 10.6 Å². The maximum absolute atomic E-state index is 12.8. The van der Waals surface area contributed by atoms with Gasteiger partial charge in [-0.05, 0) is 31.5 Å². The molecule has 1 aromatic rings. The van der Waals surface area contributed by atoms with Gasteiger partial charge in [-0.2, -0.15) is 0 Å². The Morgan fingerprint density at radius 1 is 1.45 bits per heavy atom. The highest BCUT2D eigenvalue weighted by molar-refractivity contribution is 6.32. The van der Waals surface area contributed by atoms with Crippen molar-refractivity contribution in [2.24, 2.45) is 0 Å². The lowest BCUT2D eigenvalue weighted by molar-refractivity contribution is -0.122. The van der Waals surface area contributed by atoms with Crippen LogP contribution in [0.1, 0.15) is 20.3 Å². The predicted molar refractivity (Wildman–Crippen MR) is 73.3 cm³/mol. The molecule has 0 spiro atoms. The number of ether oxygens (including phenoxy) is 1. The summed E-state index contributed by atoms with van der Waals surface area (Å²) in [6.45, 7) is 3.34. The minimum Gasteiger partial charge on any atom is -0.482 e. The van der Waals surface area contributed by atoms with Gasteiger partial charge in [0, 0.05) is 6.04 Å². The molecule has 0 saturated heterocycles. The average Bonchev–Trinajstić information content (AvgIpc) is 2.37. The van der Waals surface area contributed by atoms with Crippen molar-refractivity contribution in [3.63, 3.8) is 0 Å².